The first-order valence-electron chi connectivity index (χ1n) is 10.0. The summed E-state index contributed by atoms with van der Waals surface area (Å²) in [6, 6.07) is 7.75. The summed E-state index contributed by atoms with van der Waals surface area (Å²) in [6.45, 7) is 6.16. The van der Waals surface area contributed by atoms with Gasteiger partial charge in [0.05, 0.1) is 5.39 Å². The van der Waals surface area contributed by atoms with Gasteiger partial charge in [0.2, 0.25) is 11.6 Å². The number of furan rings is 1. The predicted molar refractivity (Wildman–Crippen MR) is 114 cm³/mol. The molecule has 0 saturated carbocycles. The summed E-state index contributed by atoms with van der Waals surface area (Å²) >= 11 is 6.18. The average molecular weight is 413 g/mol. The zero-order valence-corrected chi connectivity index (χ0v) is 17.5. The Morgan fingerprint density at radius 2 is 2.00 bits per heavy atom. The van der Waals surface area contributed by atoms with E-state index in [0.29, 0.717) is 12.3 Å². The second kappa shape index (κ2) is 8.41. The Balaban J connectivity index is 1.34. The molecule has 152 valence electrons. The molecule has 1 N–H and O–H groups in total. The number of carbonyl (C=O) groups excluding carboxylic acids is 1. The van der Waals surface area contributed by atoms with Crippen molar-refractivity contribution < 1.29 is 9.21 Å². The van der Waals surface area contributed by atoms with Crippen molar-refractivity contribution in [2.45, 2.75) is 33.1 Å². The van der Waals surface area contributed by atoms with E-state index in [9.17, 15) is 4.79 Å². The normalized spacial score (nSPS) is 15.1. The maximum absolute atomic E-state index is 12.6. The Hall–Kier alpha value is -2.60. The molecule has 1 saturated heterocycles. The van der Waals surface area contributed by atoms with Crippen molar-refractivity contribution in [2.75, 3.05) is 24.5 Å². The van der Waals surface area contributed by atoms with Gasteiger partial charge in [0, 0.05) is 36.1 Å². The highest BCUT2D eigenvalue weighted by atomic mass is 35.5. The Labute approximate surface area is 175 Å². The van der Waals surface area contributed by atoms with Crippen molar-refractivity contribution in [3.05, 3.63) is 52.5 Å². The first-order chi connectivity index (χ1) is 14.0. The maximum Gasteiger partial charge on any atom is 0.231 e. The topological polar surface area (TPSA) is 71.3 Å². The number of aromatic nitrogens is 2. The van der Waals surface area contributed by atoms with Crippen LogP contribution in [0, 0.1) is 19.8 Å². The molecule has 29 heavy (non-hydrogen) atoms. The molecule has 0 radical (unpaired) electrons. The van der Waals surface area contributed by atoms with E-state index < -0.39 is 0 Å². The van der Waals surface area contributed by atoms with E-state index in [1.54, 1.807) is 6.33 Å². The number of piperidine rings is 1. The zero-order valence-electron chi connectivity index (χ0n) is 16.7. The Morgan fingerprint density at radius 1 is 1.24 bits per heavy atom. The number of hydrogen-bond acceptors (Lipinski definition) is 5. The summed E-state index contributed by atoms with van der Waals surface area (Å²) in [7, 11) is 0. The van der Waals surface area contributed by atoms with Crippen LogP contribution in [0.25, 0.3) is 11.1 Å². The van der Waals surface area contributed by atoms with E-state index in [1.807, 2.05) is 38.1 Å². The van der Waals surface area contributed by atoms with Crippen LogP contribution in [0.15, 0.2) is 35.0 Å². The number of amides is 1. The third-order valence-electron chi connectivity index (χ3n) is 5.76. The maximum atomic E-state index is 12.6. The summed E-state index contributed by atoms with van der Waals surface area (Å²) in [5.74, 6) is 1.93. The summed E-state index contributed by atoms with van der Waals surface area (Å²) < 4.78 is 5.73. The number of fused-ring (bicyclic) bond motifs is 1. The van der Waals surface area contributed by atoms with Crippen molar-refractivity contribution in [3.8, 4) is 0 Å². The highest BCUT2D eigenvalue weighted by molar-refractivity contribution is 6.31. The van der Waals surface area contributed by atoms with E-state index in [4.69, 9.17) is 16.0 Å². The fourth-order valence-electron chi connectivity index (χ4n) is 3.92. The molecule has 3 aromatic rings. The van der Waals surface area contributed by atoms with Gasteiger partial charge in [-0.3, -0.25) is 4.79 Å². The number of nitrogens with zero attached hydrogens (tertiary/aromatic N) is 3. The number of nitrogens with one attached hydrogen (secondary N) is 1. The fourth-order valence-corrected chi connectivity index (χ4v) is 4.15. The summed E-state index contributed by atoms with van der Waals surface area (Å²) in [5, 5.41) is 4.79. The molecule has 0 spiro atoms. The second-order valence-corrected chi connectivity index (χ2v) is 7.96. The van der Waals surface area contributed by atoms with Crippen LogP contribution in [0.5, 0.6) is 0 Å². The minimum atomic E-state index is 0.0296. The van der Waals surface area contributed by atoms with E-state index in [1.165, 1.54) is 0 Å². The standard InChI is InChI=1S/C22H25ClN4O2/c1-14-15(2)29-22-19(14)20(25-13-26-22)27-11-8-17(9-12-27)21(28)24-10-7-16-5-3-4-6-18(16)23/h3-6,13,17H,7-12H2,1-2H3,(H,24,28). The molecule has 1 aromatic carbocycles. The van der Waals surface area contributed by atoms with Crippen LogP contribution in [-0.2, 0) is 11.2 Å². The molecule has 1 fully saturated rings. The lowest BCUT2D eigenvalue weighted by atomic mass is 9.95. The first-order valence-corrected chi connectivity index (χ1v) is 10.4. The summed E-state index contributed by atoms with van der Waals surface area (Å²) in [6.07, 6.45) is 3.90. The smallest absolute Gasteiger partial charge is 0.231 e. The van der Waals surface area contributed by atoms with Crippen molar-refractivity contribution in [1.29, 1.82) is 0 Å². The summed E-state index contributed by atoms with van der Waals surface area (Å²) in [5.41, 5.74) is 2.77. The molecular weight excluding hydrogens is 388 g/mol. The Morgan fingerprint density at radius 3 is 2.76 bits per heavy atom. The van der Waals surface area contributed by atoms with Crippen LogP contribution < -0.4 is 10.2 Å². The van der Waals surface area contributed by atoms with Gasteiger partial charge in [-0.05, 0) is 44.7 Å². The quantitative estimate of drug-likeness (QED) is 0.684. The van der Waals surface area contributed by atoms with Gasteiger partial charge in [-0.15, -0.1) is 0 Å². The van der Waals surface area contributed by atoms with Crippen LogP contribution in [-0.4, -0.2) is 35.5 Å². The van der Waals surface area contributed by atoms with E-state index >= 15 is 0 Å². The zero-order chi connectivity index (χ0) is 20.4. The average Bonchev–Trinajstić information content (AvgIpc) is 3.03. The molecule has 2 aromatic heterocycles. The SMILES string of the molecule is Cc1oc2ncnc(N3CCC(C(=O)NCCc4ccccc4Cl)CC3)c2c1C. The largest absolute Gasteiger partial charge is 0.443 e. The number of carbonyl (C=O) groups is 1. The van der Waals surface area contributed by atoms with Crippen molar-refractivity contribution >= 4 is 34.4 Å². The number of halogens is 1. The second-order valence-electron chi connectivity index (χ2n) is 7.55. The van der Waals surface area contributed by atoms with Gasteiger partial charge in [0.1, 0.15) is 17.9 Å². The van der Waals surface area contributed by atoms with E-state index in [-0.39, 0.29) is 11.8 Å². The molecule has 4 rings (SSSR count). The third-order valence-corrected chi connectivity index (χ3v) is 6.13. The lowest BCUT2D eigenvalue weighted by molar-refractivity contribution is -0.125. The molecule has 1 aliphatic heterocycles. The number of benzene rings is 1. The predicted octanol–water partition coefficient (Wildman–Crippen LogP) is 4.07. The van der Waals surface area contributed by atoms with Gasteiger partial charge in [-0.2, -0.15) is 0 Å². The molecule has 3 heterocycles. The van der Waals surface area contributed by atoms with Crippen LogP contribution in [0.1, 0.15) is 29.7 Å². The van der Waals surface area contributed by atoms with Crippen molar-refractivity contribution in [2.24, 2.45) is 5.92 Å². The number of anilines is 1. The lowest BCUT2D eigenvalue weighted by Crippen LogP contribution is -2.41. The molecule has 6 nitrogen and oxygen atoms in total. The van der Waals surface area contributed by atoms with Crippen molar-refractivity contribution in [1.82, 2.24) is 15.3 Å². The molecule has 1 amide bonds. The van der Waals surface area contributed by atoms with E-state index in [0.717, 1.165) is 65.5 Å². The number of hydrogen-bond donors (Lipinski definition) is 1. The molecular formula is C22H25ClN4O2. The minimum Gasteiger partial charge on any atom is -0.443 e. The fraction of sp³-hybridized carbons (Fsp3) is 0.409. The van der Waals surface area contributed by atoms with Gasteiger partial charge in [-0.1, -0.05) is 29.8 Å². The monoisotopic (exact) mass is 412 g/mol. The molecule has 0 aliphatic carbocycles. The van der Waals surface area contributed by atoms with Crippen molar-refractivity contribution in [3.63, 3.8) is 0 Å². The Kier molecular flexibility index (Phi) is 5.72. The molecule has 7 heteroatoms. The van der Waals surface area contributed by atoms with Crippen LogP contribution in [0.3, 0.4) is 0 Å². The summed E-state index contributed by atoms with van der Waals surface area (Å²) in [4.78, 5) is 23.6. The van der Waals surface area contributed by atoms with Crippen LogP contribution >= 0.6 is 11.6 Å². The van der Waals surface area contributed by atoms with Gasteiger partial charge in [0.15, 0.2) is 0 Å². The van der Waals surface area contributed by atoms with Gasteiger partial charge < -0.3 is 14.6 Å². The molecule has 1 aliphatic rings. The third kappa shape index (κ3) is 4.08. The Bertz CT molecular complexity index is 1020. The highest BCUT2D eigenvalue weighted by Gasteiger charge is 2.27. The molecule has 0 bridgehead atoms. The molecule has 0 atom stereocenters. The minimum absolute atomic E-state index is 0.0296. The van der Waals surface area contributed by atoms with Gasteiger partial charge in [0.25, 0.3) is 0 Å². The van der Waals surface area contributed by atoms with Crippen LogP contribution in [0.4, 0.5) is 5.82 Å². The van der Waals surface area contributed by atoms with Gasteiger partial charge >= 0.3 is 0 Å². The first kappa shape index (κ1) is 19.7. The molecule has 0 unspecified atom stereocenters. The lowest BCUT2D eigenvalue weighted by Gasteiger charge is -2.32. The van der Waals surface area contributed by atoms with E-state index in [2.05, 4.69) is 20.2 Å². The number of aryl methyl sites for hydroxylation is 2. The van der Waals surface area contributed by atoms with Gasteiger partial charge in [-0.25, -0.2) is 9.97 Å². The van der Waals surface area contributed by atoms with Crippen LogP contribution in [0.2, 0.25) is 5.02 Å². The number of rotatable bonds is 5. The highest BCUT2D eigenvalue weighted by Crippen LogP contribution is 2.32.